The monoisotopic (exact) mass is 442 g/mol. The quantitative estimate of drug-likeness (QED) is 0.608. The first kappa shape index (κ1) is 22.6. The van der Waals surface area contributed by atoms with Crippen LogP contribution in [0.1, 0.15) is 33.1 Å². The molecule has 1 saturated heterocycles. The molecule has 1 fully saturated rings. The van der Waals surface area contributed by atoms with E-state index < -0.39 is 12.1 Å². The summed E-state index contributed by atoms with van der Waals surface area (Å²) in [6, 6.07) is 12.7. The van der Waals surface area contributed by atoms with Crippen LogP contribution in [-0.2, 0) is 9.59 Å². The summed E-state index contributed by atoms with van der Waals surface area (Å²) >= 11 is 5.85. The molecule has 1 heterocycles. The van der Waals surface area contributed by atoms with Crippen molar-refractivity contribution in [2.45, 2.75) is 39.2 Å². The van der Waals surface area contributed by atoms with Crippen molar-refractivity contribution in [3.8, 4) is 0 Å². The van der Waals surface area contributed by atoms with E-state index in [1.165, 1.54) is 0 Å². The number of hydrogen-bond donors (Lipinski definition) is 3. The van der Waals surface area contributed by atoms with Gasteiger partial charge in [-0.15, -0.1) is 0 Å². The van der Waals surface area contributed by atoms with Crippen molar-refractivity contribution in [2.24, 2.45) is 5.92 Å². The van der Waals surface area contributed by atoms with Gasteiger partial charge in [-0.25, -0.2) is 4.79 Å². The fourth-order valence-corrected chi connectivity index (χ4v) is 3.53. The van der Waals surface area contributed by atoms with Crippen molar-refractivity contribution in [2.75, 3.05) is 22.1 Å². The van der Waals surface area contributed by atoms with Gasteiger partial charge in [-0.3, -0.25) is 9.59 Å². The van der Waals surface area contributed by atoms with Crippen molar-refractivity contribution in [1.82, 2.24) is 5.32 Å². The lowest BCUT2D eigenvalue weighted by Gasteiger charge is -2.27. The second-order valence-electron chi connectivity index (χ2n) is 7.87. The largest absolute Gasteiger partial charge is 0.326 e. The van der Waals surface area contributed by atoms with E-state index in [0.29, 0.717) is 29.4 Å². The Hall–Kier alpha value is -3.06. The van der Waals surface area contributed by atoms with Crippen molar-refractivity contribution in [3.05, 3.63) is 53.6 Å². The van der Waals surface area contributed by atoms with Gasteiger partial charge in [0, 0.05) is 35.1 Å². The molecular formula is C23H27ClN4O3. The van der Waals surface area contributed by atoms with Crippen LogP contribution >= 0.6 is 11.6 Å². The highest BCUT2D eigenvalue weighted by atomic mass is 35.5. The van der Waals surface area contributed by atoms with Crippen LogP contribution in [0, 0.1) is 5.92 Å². The number of halogens is 1. The standard InChI is InChI=1S/C23H27ClN4O3/c1-15(2)21(27-23(31)26-18-8-6-16(24)7-9-18)22(30)25-17-10-12-19(13-11-17)28-14-4-3-5-20(28)29/h6-13,15,21H,3-5,14H2,1-2H3,(H,25,30)(H2,26,27,31)/t21-/m0/s1. The highest BCUT2D eigenvalue weighted by Gasteiger charge is 2.25. The number of benzene rings is 2. The van der Waals surface area contributed by atoms with Gasteiger partial charge in [0.15, 0.2) is 0 Å². The van der Waals surface area contributed by atoms with E-state index >= 15 is 0 Å². The average molecular weight is 443 g/mol. The first-order chi connectivity index (χ1) is 14.8. The predicted molar refractivity (Wildman–Crippen MR) is 124 cm³/mol. The zero-order chi connectivity index (χ0) is 22.4. The molecule has 8 heteroatoms. The smallest absolute Gasteiger partial charge is 0.319 e. The van der Waals surface area contributed by atoms with E-state index in [-0.39, 0.29) is 17.7 Å². The van der Waals surface area contributed by atoms with Crippen molar-refractivity contribution in [1.29, 1.82) is 0 Å². The van der Waals surface area contributed by atoms with Gasteiger partial charge in [0.1, 0.15) is 6.04 Å². The molecular weight excluding hydrogens is 416 g/mol. The molecule has 0 bridgehead atoms. The molecule has 0 spiro atoms. The Balaban J connectivity index is 1.60. The molecule has 1 atom stereocenters. The van der Waals surface area contributed by atoms with Gasteiger partial charge in [-0.1, -0.05) is 25.4 Å². The predicted octanol–water partition coefficient (Wildman–Crippen LogP) is 4.64. The van der Waals surface area contributed by atoms with Crippen LogP contribution in [-0.4, -0.2) is 30.4 Å². The second-order valence-corrected chi connectivity index (χ2v) is 8.30. The van der Waals surface area contributed by atoms with Crippen LogP contribution in [0.25, 0.3) is 0 Å². The Morgan fingerprint density at radius 2 is 1.55 bits per heavy atom. The lowest BCUT2D eigenvalue weighted by atomic mass is 10.0. The summed E-state index contributed by atoms with van der Waals surface area (Å²) in [5.74, 6) is -0.317. The highest BCUT2D eigenvalue weighted by molar-refractivity contribution is 6.30. The number of carbonyl (C=O) groups is 3. The number of piperidine rings is 1. The van der Waals surface area contributed by atoms with E-state index in [4.69, 9.17) is 11.6 Å². The van der Waals surface area contributed by atoms with Gasteiger partial charge < -0.3 is 20.9 Å². The summed E-state index contributed by atoms with van der Waals surface area (Å²) in [5.41, 5.74) is 2.00. The summed E-state index contributed by atoms with van der Waals surface area (Å²) in [5, 5.41) is 8.83. The molecule has 1 aliphatic heterocycles. The molecule has 1 aliphatic rings. The molecule has 3 rings (SSSR count). The normalized spacial score (nSPS) is 14.8. The molecule has 0 radical (unpaired) electrons. The van der Waals surface area contributed by atoms with Crippen molar-refractivity contribution >= 4 is 46.5 Å². The highest BCUT2D eigenvalue weighted by Crippen LogP contribution is 2.23. The Morgan fingerprint density at radius 3 is 2.16 bits per heavy atom. The van der Waals surface area contributed by atoms with E-state index in [0.717, 1.165) is 18.5 Å². The second kappa shape index (κ2) is 10.3. The third-order valence-electron chi connectivity index (χ3n) is 5.11. The summed E-state index contributed by atoms with van der Waals surface area (Å²) in [6.45, 7) is 4.43. The van der Waals surface area contributed by atoms with E-state index in [1.807, 2.05) is 26.0 Å². The van der Waals surface area contributed by atoms with Gasteiger partial charge >= 0.3 is 6.03 Å². The Bertz CT molecular complexity index is 929. The van der Waals surface area contributed by atoms with Crippen molar-refractivity contribution < 1.29 is 14.4 Å². The minimum Gasteiger partial charge on any atom is -0.326 e. The molecule has 164 valence electrons. The number of urea groups is 1. The van der Waals surface area contributed by atoms with E-state index in [2.05, 4.69) is 16.0 Å². The summed E-state index contributed by atoms with van der Waals surface area (Å²) < 4.78 is 0. The number of rotatable bonds is 6. The third kappa shape index (κ3) is 6.21. The summed E-state index contributed by atoms with van der Waals surface area (Å²) in [4.78, 5) is 39.0. The minimum absolute atomic E-state index is 0.124. The maximum absolute atomic E-state index is 12.8. The maximum atomic E-state index is 12.8. The third-order valence-corrected chi connectivity index (χ3v) is 5.36. The van der Waals surface area contributed by atoms with Crippen LogP contribution in [0.15, 0.2) is 48.5 Å². The molecule has 4 amide bonds. The fourth-order valence-electron chi connectivity index (χ4n) is 3.40. The number of carbonyl (C=O) groups excluding carboxylic acids is 3. The van der Waals surface area contributed by atoms with Gasteiger partial charge in [-0.2, -0.15) is 0 Å². The number of amides is 4. The van der Waals surface area contributed by atoms with Crippen LogP contribution in [0.4, 0.5) is 21.9 Å². The van der Waals surface area contributed by atoms with Gasteiger partial charge in [-0.05, 0) is 67.3 Å². The molecule has 0 aliphatic carbocycles. The minimum atomic E-state index is -0.726. The zero-order valence-corrected chi connectivity index (χ0v) is 18.4. The lowest BCUT2D eigenvalue weighted by Crippen LogP contribution is -2.48. The van der Waals surface area contributed by atoms with Crippen molar-refractivity contribution in [3.63, 3.8) is 0 Å². The van der Waals surface area contributed by atoms with Crippen LogP contribution in [0.2, 0.25) is 5.02 Å². The molecule has 2 aromatic carbocycles. The van der Waals surface area contributed by atoms with Crippen LogP contribution in [0.3, 0.4) is 0 Å². The van der Waals surface area contributed by atoms with Gasteiger partial charge in [0.25, 0.3) is 0 Å². The lowest BCUT2D eigenvalue weighted by molar-refractivity contribution is -0.120. The maximum Gasteiger partial charge on any atom is 0.319 e. The van der Waals surface area contributed by atoms with Crippen LogP contribution in [0.5, 0.6) is 0 Å². The van der Waals surface area contributed by atoms with E-state index in [1.54, 1.807) is 41.3 Å². The average Bonchev–Trinajstić information content (AvgIpc) is 2.74. The fraction of sp³-hybridized carbons (Fsp3) is 0.348. The van der Waals surface area contributed by atoms with Gasteiger partial charge in [0.2, 0.25) is 11.8 Å². The number of hydrogen-bond acceptors (Lipinski definition) is 3. The number of nitrogens with zero attached hydrogens (tertiary/aromatic N) is 1. The molecule has 7 nitrogen and oxygen atoms in total. The topological polar surface area (TPSA) is 90.5 Å². The summed E-state index contributed by atoms with van der Waals surface area (Å²) in [6.07, 6.45) is 2.49. The molecule has 0 unspecified atom stereocenters. The summed E-state index contributed by atoms with van der Waals surface area (Å²) in [7, 11) is 0. The first-order valence-corrected chi connectivity index (χ1v) is 10.8. The van der Waals surface area contributed by atoms with E-state index in [9.17, 15) is 14.4 Å². The first-order valence-electron chi connectivity index (χ1n) is 10.4. The Morgan fingerprint density at radius 1 is 0.935 bits per heavy atom. The SMILES string of the molecule is CC(C)[C@H](NC(=O)Nc1ccc(Cl)cc1)C(=O)Nc1ccc(N2CCCCC2=O)cc1. The van der Waals surface area contributed by atoms with Crippen LogP contribution < -0.4 is 20.9 Å². The molecule has 2 aromatic rings. The molecule has 3 N–H and O–H groups in total. The van der Waals surface area contributed by atoms with Gasteiger partial charge in [0.05, 0.1) is 0 Å². The molecule has 31 heavy (non-hydrogen) atoms. The molecule has 0 aromatic heterocycles. The molecule has 0 saturated carbocycles. The Labute approximate surface area is 187 Å². The zero-order valence-electron chi connectivity index (χ0n) is 17.7. The number of nitrogens with one attached hydrogen (secondary N) is 3. The Kier molecular flexibility index (Phi) is 7.52. The number of anilines is 3.